The molecule has 1 unspecified atom stereocenters. The first-order chi connectivity index (χ1) is 15.3. The zero-order chi connectivity index (χ0) is 21.0. The predicted molar refractivity (Wildman–Crippen MR) is 121 cm³/mol. The van der Waals surface area contributed by atoms with Gasteiger partial charge in [0, 0.05) is 25.6 Å². The highest BCUT2D eigenvalue weighted by molar-refractivity contribution is 5.80. The van der Waals surface area contributed by atoms with Crippen LogP contribution in [-0.2, 0) is 4.79 Å². The Kier molecular flexibility index (Phi) is 5.94. The minimum Gasteiger partial charge on any atom is -0.490 e. The van der Waals surface area contributed by atoms with Crippen LogP contribution in [0.4, 0.5) is 0 Å². The lowest BCUT2D eigenvalue weighted by molar-refractivity contribution is -0.132. The summed E-state index contributed by atoms with van der Waals surface area (Å²) in [5.41, 5.74) is 3.83. The number of fused-ring (bicyclic) bond motifs is 1. The quantitative estimate of drug-likeness (QED) is 0.742. The molecule has 0 aliphatic carbocycles. The number of hydrogen-bond donors (Lipinski definition) is 0. The molecule has 3 aliphatic rings. The maximum Gasteiger partial charge on any atom is 0.237 e. The molecule has 3 heterocycles. The van der Waals surface area contributed by atoms with Gasteiger partial charge in [0.15, 0.2) is 11.5 Å². The van der Waals surface area contributed by atoms with Crippen molar-refractivity contribution in [2.45, 2.75) is 31.7 Å². The smallest absolute Gasteiger partial charge is 0.237 e. The van der Waals surface area contributed by atoms with Gasteiger partial charge in [0.25, 0.3) is 0 Å². The highest BCUT2D eigenvalue weighted by Crippen LogP contribution is 2.38. The average Bonchev–Trinajstić information content (AvgIpc) is 3.15. The van der Waals surface area contributed by atoms with Crippen LogP contribution in [0.5, 0.6) is 11.5 Å². The number of carbonyl (C=O) groups is 1. The Morgan fingerprint density at radius 1 is 0.968 bits per heavy atom. The fourth-order valence-corrected chi connectivity index (χ4v) is 4.86. The Morgan fingerprint density at radius 2 is 1.81 bits per heavy atom. The van der Waals surface area contributed by atoms with Gasteiger partial charge in [-0.15, -0.1) is 0 Å². The van der Waals surface area contributed by atoms with Gasteiger partial charge in [-0.25, -0.2) is 0 Å². The van der Waals surface area contributed by atoms with E-state index < -0.39 is 0 Å². The molecule has 0 bridgehead atoms. The van der Waals surface area contributed by atoms with Gasteiger partial charge in [-0.05, 0) is 54.6 Å². The third-order valence-electron chi connectivity index (χ3n) is 6.56. The molecule has 0 spiro atoms. The van der Waals surface area contributed by atoms with Gasteiger partial charge in [0.05, 0.1) is 19.8 Å². The molecule has 2 aromatic carbocycles. The van der Waals surface area contributed by atoms with Crippen LogP contribution in [0.3, 0.4) is 0 Å². The second-order valence-corrected chi connectivity index (χ2v) is 8.57. The van der Waals surface area contributed by atoms with Crippen molar-refractivity contribution < 1.29 is 14.3 Å². The lowest BCUT2D eigenvalue weighted by Crippen LogP contribution is -2.42. The highest BCUT2D eigenvalue weighted by atomic mass is 16.5. The lowest BCUT2D eigenvalue weighted by Gasteiger charge is -2.31. The van der Waals surface area contributed by atoms with Gasteiger partial charge >= 0.3 is 0 Å². The number of nitrogens with zero attached hydrogens (tertiary/aromatic N) is 2. The van der Waals surface area contributed by atoms with Crippen LogP contribution in [-0.4, -0.2) is 55.1 Å². The molecule has 1 saturated heterocycles. The van der Waals surface area contributed by atoms with E-state index in [-0.39, 0.29) is 11.9 Å². The third-order valence-corrected chi connectivity index (χ3v) is 6.56. The number of benzene rings is 2. The SMILES string of the molecule is O=C(CN1CCCC1c1ccc2c(c1)OCCCO2)N1CC=C(c2ccccc2)CC1. The molecule has 1 amide bonds. The monoisotopic (exact) mass is 418 g/mol. The summed E-state index contributed by atoms with van der Waals surface area (Å²) in [6.07, 6.45) is 6.23. The van der Waals surface area contributed by atoms with Crippen molar-refractivity contribution in [1.29, 1.82) is 0 Å². The Hall–Kier alpha value is -2.79. The topological polar surface area (TPSA) is 42.0 Å². The van der Waals surface area contributed by atoms with Crippen molar-refractivity contribution in [2.24, 2.45) is 0 Å². The minimum atomic E-state index is 0.226. The summed E-state index contributed by atoms with van der Waals surface area (Å²) in [5.74, 6) is 1.89. The van der Waals surface area contributed by atoms with E-state index >= 15 is 0 Å². The summed E-state index contributed by atoms with van der Waals surface area (Å²) in [7, 11) is 0. The summed E-state index contributed by atoms with van der Waals surface area (Å²) in [6.45, 7) is 4.33. The van der Waals surface area contributed by atoms with E-state index in [1.807, 2.05) is 17.0 Å². The van der Waals surface area contributed by atoms with Gasteiger partial charge in [0.1, 0.15) is 0 Å². The molecular weight excluding hydrogens is 388 g/mol. The van der Waals surface area contributed by atoms with Crippen LogP contribution >= 0.6 is 0 Å². The molecule has 5 rings (SSSR count). The van der Waals surface area contributed by atoms with Gasteiger partial charge in [-0.1, -0.05) is 42.5 Å². The molecule has 0 radical (unpaired) electrons. The second kappa shape index (κ2) is 9.15. The molecule has 5 heteroatoms. The molecule has 1 atom stereocenters. The van der Waals surface area contributed by atoms with E-state index in [0.717, 1.165) is 50.3 Å². The number of amides is 1. The van der Waals surface area contributed by atoms with E-state index in [1.165, 1.54) is 16.7 Å². The Labute approximate surface area is 184 Å². The van der Waals surface area contributed by atoms with Gasteiger partial charge in [0.2, 0.25) is 5.91 Å². The summed E-state index contributed by atoms with van der Waals surface area (Å²) in [5, 5.41) is 0. The van der Waals surface area contributed by atoms with Crippen molar-refractivity contribution in [1.82, 2.24) is 9.80 Å². The summed E-state index contributed by atoms with van der Waals surface area (Å²) in [6, 6.07) is 17.0. The van der Waals surface area contributed by atoms with Gasteiger partial charge in [-0.2, -0.15) is 0 Å². The number of carbonyl (C=O) groups excluding carboxylic acids is 1. The van der Waals surface area contributed by atoms with Crippen molar-refractivity contribution in [3.05, 3.63) is 65.7 Å². The summed E-state index contributed by atoms with van der Waals surface area (Å²) < 4.78 is 11.7. The molecule has 0 aromatic heterocycles. The average molecular weight is 419 g/mol. The molecular formula is C26H30N2O3. The van der Waals surface area contributed by atoms with E-state index in [9.17, 15) is 4.79 Å². The fraction of sp³-hybridized carbons (Fsp3) is 0.423. The Balaban J connectivity index is 1.23. The molecule has 0 saturated carbocycles. The van der Waals surface area contributed by atoms with E-state index in [2.05, 4.69) is 47.4 Å². The minimum absolute atomic E-state index is 0.226. The van der Waals surface area contributed by atoms with Crippen LogP contribution in [0.1, 0.15) is 42.9 Å². The first-order valence-corrected chi connectivity index (χ1v) is 11.4. The number of hydrogen-bond acceptors (Lipinski definition) is 4. The van der Waals surface area contributed by atoms with E-state index in [0.29, 0.717) is 26.3 Å². The fourth-order valence-electron chi connectivity index (χ4n) is 4.86. The molecule has 162 valence electrons. The molecule has 0 N–H and O–H groups in total. The van der Waals surface area contributed by atoms with Crippen molar-refractivity contribution in [3.8, 4) is 11.5 Å². The van der Waals surface area contributed by atoms with Gasteiger partial charge < -0.3 is 14.4 Å². The molecule has 1 fully saturated rings. The summed E-state index contributed by atoms with van der Waals surface area (Å²) in [4.78, 5) is 17.4. The van der Waals surface area contributed by atoms with Crippen LogP contribution in [0.25, 0.3) is 5.57 Å². The Morgan fingerprint density at radius 3 is 2.61 bits per heavy atom. The van der Waals surface area contributed by atoms with Crippen LogP contribution in [0, 0.1) is 0 Å². The molecule has 5 nitrogen and oxygen atoms in total. The van der Waals surface area contributed by atoms with Crippen molar-refractivity contribution in [3.63, 3.8) is 0 Å². The van der Waals surface area contributed by atoms with Crippen molar-refractivity contribution in [2.75, 3.05) is 39.4 Å². The highest BCUT2D eigenvalue weighted by Gasteiger charge is 2.30. The maximum absolute atomic E-state index is 13.1. The number of likely N-dealkylation sites (tertiary alicyclic amines) is 1. The zero-order valence-electron chi connectivity index (χ0n) is 18.0. The standard InChI is InChI=1S/C26H30N2O3/c29-26(27-14-11-21(12-15-27)20-6-2-1-3-7-20)19-28-13-4-8-23(28)22-9-10-24-25(18-22)31-17-5-16-30-24/h1-3,6-7,9-11,18,23H,4-5,8,12-17,19H2. The lowest BCUT2D eigenvalue weighted by atomic mass is 9.99. The Bertz CT molecular complexity index is 956. The first-order valence-electron chi connectivity index (χ1n) is 11.4. The second-order valence-electron chi connectivity index (χ2n) is 8.57. The van der Waals surface area contributed by atoms with Crippen LogP contribution < -0.4 is 9.47 Å². The predicted octanol–water partition coefficient (Wildman–Crippen LogP) is 4.30. The van der Waals surface area contributed by atoms with Crippen LogP contribution in [0.2, 0.25) is 0 Å². The zero-order valence-corrected chi connectivity index (χ0v) is 18.0. The third kappa shape index (κ3) is 4.47. The normalized spacial score (nSPS) is 21.5. The largest absolute Gasteiger partial charge is 0.490 e. The van der Waals surface area contributed by atoms with E-state index in [4.69, 9.17) is 9.47 Å². The molecule has 31 heavy (non-hydrogen) atoms. The van der Waals surface area contributed by atoms with E-state index in [1.54, 1.807) is 0 Å². The number of rotatable bonds is 4. The molecule has 2 aromatic rings. The summed E-state index contributed by atoms with van der Waals surface area (Å²) >= 11 is 0. The van der Waals surface area contributed by atoms with Crippen molar-refractivity contribution >= 4 is 11.5 Å². The maximum atomic E-state index is 13.1. The first kappa shape index (κ1) is 20.1. The molecule has 3 aliphatic heterocycles. The van der Waals surface area contributed by atoms with Gasteiger partial charge in [-0.3, -0.25) is 9.69 Å². The van der Waals surface area contributed by atoms with Crippen LogP contribution in [0.15, 0.2) is 54.6 Å². The number of ether oxygens (including phenoxy) is 2.